The number of nitrogens with zero attached hydrogens (tertiary/aromatic N) is 4. The molecule has 3 heterocycles. The number of hydrogen-bond donors (Lipinski definition) is 0. The van der Waals surface area contributed by atoms with Crippen molar-refractivity contribution in [1.29, 1.82) is 0 Å². The predicted molar refractivity (Wildman–Crippen MR) is 94.2 cm³/mol. The molecule has 1 atom stereocenters. The molecule has 0 bridgehead atoms. The third kappa shape index (κ3) is 2.94. The van der Waals surface area contributed by atoms with E-state index in [1.807, 2.05) is 20.0 Å². The molecule has 0 aliphatic carbocycles. The molecule has 4 rings (SSSR count). The average molecular weight is 354 g/mol. The van der Waals surface area contributed by atoms with Gasteiger partial charge in [0.1, 0.15) is 23.4 Å². The summed E-state index contributed by atoms with van der Waals surface area (Å²) in [7, 11) is 1.82. The number of carbonyl (C=O) groups is 1. The molecule has 1 aliphatic rings. The van der Waals surface area contributed by atoms with Gasteiger partial charge in [-0.3, -0.25) is 4.79 Å². The fraction of sp³-hybridized carbons (Fsp3) is 0.316. The van der Waals surface area contributed by atoms with E-state index in [2.05, 4.69) is 9.97 Å². The van der Waals surface area contributed by atoms with E-state index >= 15 is 0 Å². The van der Waals surface area contributed by atoms with Crippen LogP contribution in [0.4, 0.5) is 4.39 Å². The summed E-state index contributed by atoms with van der Waals surface area (Å²) in [6, 6.07) is 8.08. The van der Waals surface area contributed by atoms with Gasteiger partial charge in [-0.15, -0.1) is 0 Å². The summed E-state index contributed by atoms with van der Waals surface area (Å²) in [5.41, 5.74) is 2.13. The van der Waals surface area contributed by atoms with E-state index in [4.69, 9.17) is 4.74 Å². The zero-order chi connectivity index (χ0) is 18.3. The van der Waals surface area contributed by atoms with Crippen molar-refractivity contribution in [2.75, 3.05) is 19.7 Å². The van der Waals surface area contributed by atoms with E-state index in [0.717, 1.165) is 11.2 Å². The van der Waals surface area contributed by atoms with Gasteiger partial charge in [-0.1, -0.05) is 0 Å². The van der Waals surface area contributed by atoms with E-state index < -0.39 is 0 Å². The molecule has 1 aromatic carbocycles. The maximum atomic E-state index is 13.5. The molecule has 134 valence electrons. The molecule has 3 aromatic rings. The van der Waals surface area contributed by atoms with Gasteiger partial charge in [0, 0.05) is 30.7 Å². The molecule has 0 spiro atoms. The Kier molecular flexibility index (Phi) is 4.16. The first-order chi connectivity index (χ1) is 12.5. The number of aryl methyl sites for hydroxylation is 2. The minimum atomic E-state index is -0.312. The summed E-state index contributed by atoms with van der Waals surface area (Å²) in [4.78, 5) is 23.3. The monoisotopic (exact) mass is 354 g/mol. The van der Waals surface area contributed by atoms with Crippen molar-refractivity contribution in [2.24, 2.45) is 7.05 Å². The number of fused-ring (bicyclic) bond motifs is 1. The number of aromatic nitrogens is 3. The molecule has 7 heteroatoms. The Bertz CT molecular complexity index is 985. The summed E-state index contributed by atoms with van der Waals surface area (Å²) in [6.07, 6.45) is 1.42. The van der Waals surface area contributed by atoms with Crippen molar-refractivity contribution in [3.63, 3.8) is 0 Å². The molecule has 2 aromatic heterocycles. The van der Waals surface area contributed by atoms with Crippen LogP contribution in [0.5, 0.6) is 0 Å². The quantitative estimate of drug-likeness (QED) is 0.710. The van der Waals surface area contributed by atoms with Gasteiger partial charge in [0.25, 0.3) is 5.91 Å². The van der Waals surface area contributed by atoms with Gasteiger partial charge in [0.05, 0.1) is 18.8 Å². The van der Waals surface area contributed by atoms with E-state index in [9.17, 15) is 9.18 Å². The highest BCUT2D eigenvalue weighted by atomic mass is 19.1. The van der Waals surface area contributed by atoms with E-state index in [1.54, 1.807) is 27.8 Å². The molecule has 1 saturated heterocycles. The molecule has 6 nitrogen and oxygen atoms in total. The van der Waals surface area contributed by atoms with Crippen LogP contribution in [0.25, 0.3) is 10.9 Å². The van der Waals surface area contributed by atoms with Crippen LogP contribution in [0.15, 0.2) is 36.5 Å². The van der Waals surface area contributed by atoms with Crippen LogP contribution in [-0.2, 0) is 11.8 Å². The molecule has 0 radical (unpaired) electrons. The summed E-state index contributed by atoms with van der Waals surface area (Å²) in [5.74, 6) is 0.265. The Balaban J connectivity index is 1.61. The van der Waals surface area contributed by atoms with Crippen molar-refractivity contribution in [3.05, 3.63) is 59.6 Å². The Morgan fingerprint density at radius 1 is 1.31 bits per heavy atom. The maximum absolute atomic E-state index is 13.5. The van der Waals surface area contributed by atoms with Gasteiger partial charge in [-0.05, 0) is 37.3 Å². The van der Waals surface area contributed by atoms with Crippen molar-refractivity contribution in [1.82, 2.24) is 19.4 Å². The normalized spacial score (nSPS) is 17.7. The molecule has 1 amide bonds. The fourth-order valence-electron chi connectivity index (χ4n) is 3.35. The lowest BCUT2D eigenvalue weighted by Crippen LogP contribution is -2.43. The minimum absolute atomic E-state index is 0.0943. The standard InChI is InChI=1S/C19H19FN4O2/c1-12-21-6-5-15(22-12)18-11-24(7-8-26-18)19(25)17-10-13-9-14(20)3-4-16(13)23(17)2/h3-6,9-10,18H,7-8,11H2,1-2H3. The summed E-state index contributed by atoms with van der Waals surface area (Å²) >= 11 is 0. The van der Waals surface area contributed by atoms with Gasteiger partial charge in [-0.2, -0.15) is 0 Å². The third-order valence-corrected chi connectivity index (χ3v) is 4.70. The van der Waals surface area contributed by atoms with Crippen molar-refractivity contribution in [2.45, 2.75) is 13.0 Å². The molecule has 1 unspecified atom stereocenters. The van der Waals surface area contributed by atoms with Crippen LogP contribution < -0.4 is 0 Å². The van der Waals surface area contributed by atoms with Gasteiger partial charge < -0.3 is 14.2 Å². The molecular weight excluding hydrogens is 335 g/mol. The van der Waals surface area contributed by atoms with E-state index in [-0.39, 0.29) is 17.8 Å². The second kappa shape index (κ2) is 6.49. The number of halogens is 1. The Labute approximate surface area is 150 Å². The Morgan fingerprint density at radius 3 is 2.96 bits per heavy atom. The predicted octanol–water partition coefficient (Wildman–Crippen LogP) is 2.63. The zero-order valence-corrected chi connectivity index (χ0v) is 14.6. The molecule has 1 fully saturated rings. The Morgan fingerprint density at radius 2 is 2.15 bits per heavy atom. The number of amides is 1. The van der Waals surface area contributed by atoms with Gasteiger partial charge >= 0.3 is 0 Å². The summed E-state index contributed by atoms with van der Waals surface area (Å²) < 4.78 is 21.1. The number of ether oxygens (including phenoxy) is 1. The van der Waals surface area contributed by atoms with Crippen LogP contribution in [0.2, 0.25) is 0 Å². The second-order valence-electron chi connectivity index (χ2n) is 6.43. The first kappa shape index (κ1) is 16.7. The van der Waals surface area contributed by atoms with Crippen LogP contribution in [-0.4, -0.2) is 45.0 Å². The van der Waals surface area contributed by atoms with Crippen LogP contribution in [0.1, 0.15) is 28.1 Å². The maximum Gasteiger partial charge on any atom is 0.270 e. The third-order valence-electron chi connectivity index (χ3n) is 4.70. The van der Waals surface area contributed by atoms with Crippen molar-refractivity contribution < 1.29 is 13.9 Å². The van der Waals surface area contributed by atoms with Gasteiger partial charge in [-0.25, -0.2) is 14.4 Å². The SMILES string of the molecule is Cc1nccc(C2CN(C(=O)c3cc4cc(F)ccc4n3C)CCO2)n1. The molecular formula is C19H19FN4O2. The lowest BCUT2D eigenvalue weighted by atomic mass is 10.2. The Hall–Kier alpha value is -2.80. The largest absolute Gasteiger partial charge is 0.368 e. The van der Waals surface area contributed by atoms with Crippen LogP contribution in [0, 0.1) is 12.7 Å². The molecule has 0 N–H and O–H groups in total. The molecule has 1 aliphatic heterocycles. The number of morpholine rings is 1. The van der Waals surface area contributed by atoms with Gasteiger partial charge in [0.2, 0.25) is 0 Å². The number of carbonyl (C=O) groups excluding carboxylic acids is 1. The highest BCUT2D eigenvalue weighted by Crippen LogP contribution is 2.24. The first-order valence-electron chi connectivity index (χ1n) is 8.48. The highest BCUT2D eigenvalue weighted by Gasteiger charge is 2.28. The average Bonchev–Trinajstić information content (AvgIpc) is 2.97. The number of hydrogen-bond acceptors (Lipinski definition) is 4. The first-order valence-corrected chi connectivity index (χ1v) is 8.48. The lowest BCUT2D eigenvalue weighted by molar-refractivity contribution is -0.0251. The van der Waals surface area contributed by atoms with Gasteiger partial charge in [0.15, 0.2) is 0 Å². The highest BCUT2D eigenvalue weighted by molar-refractivity contribution is 5.98. The topological polar surface area (TPSA) is 60.2 Å². The number of benzene rings is 1. The minimum Gasteiger partial charge on any atom is -0.368 e. The zero-order valence-electron chi connectivity index (χ0n) is 14.6. The number of rotatable bonds is 2. The van der Waals surface area contributed by atoms with E-state index in [0.29, 0.717) is 36.6 Å². The lowest BCUT2D eigenvalue weighted by Gasteiger charge is -2.32. The summed E-state index contributed by atoms with van der Waals surface area (Å²) in [6.45, 7) is 3.20. The molecule has 26 heavy (non-hydrogen) atoms. The smallest absolute Gasteiger partial charge is 0.270 e. The van der Waals surface area contributed by atoms with Crippen LogP contribution in [0.3, 0.4) is 0 Å². The molecule has 0 saturated carbocycles. The van der Waals surface area contributed by atoms with Crippen LogP contribution >= 0.6 is 0 Å². The summed E-state index contributed by atoms with van der Waals surface area (Å²) in [5, 5.41) is 0.715. The van der Waals surface area contributed by atoms with Crippen molar-refractivity contribution >= 4 is 16.8 Å². The van der Waals surface area contributed by atoms with Crippen molar-refractivity contribution in [3.8, 4) is 0 Å². The van der Waals surface area contributed by atoms with E-state index in [1.165, 1.54) is 12.1 Å². The fourth-order valence-corrected chi connectivity index (χ4v) is 3.35. The second-order valence-corrected chi connectivity index (χ2v) is 6.43.